The summed E-state index contributed by atoms with van der Waals surface area (Å²) >= 11 is 3.35. The number of carbonyl (C=O) groups excluding carboxylic acids is 1. The molecule has 0 atom stereocenters. The minimum absolute atomic E-state index is 0.640. The third kappa shape index (κ3) is 2.94. The molecule has 2 aromatic carbocycles. The van der Waals surface area contributed by atoms with Crippen LogP contribution in [-0.2, 0) is 0 Å². The van der Waals surface area contributed by atoms with Gasteiger partial charge in [-0.25, -0.2) is 0 Å². The van der Waals surface area contributed by atoms with Gasteiger partial charge in [0.15, 0.2) is 6.29 Å². The Morgan fingerprint density at radius 3 is 2.71 bits per heavy atom. The van der Waals surface area contributed by atoms with Gasteiger partial charge in [-0.05, 0) is 42.8 Å². The van der Waals surface area contributed by atoms with E-state index in [1.54, 1.807) is 6.07 Å². The van der Waals surface area contributed by atoms with Gasteiger partial charge in [-0.1, -0.05) is 28.1 Å². The van der Waals surface area contributed by atoms with E-state index in [1.165, 1.54) is 5.56 Å². The molecule has 0 aliphatic carbocycles. The summed E-state index contributed by atoms with van der Waals surface area (Å²) in [6.07, 6.45) is 0.850. The molecular formula is C14H12BrNO. The fourth-order valence-corrected chi connectivity index (χ4v) is 2.00. The van der Waals surface area contributed by atoms with Crippen molar-refractivity contribution < 1.29 is 4.79 Å². The molecule has 0 aliphatic heterocycles. The lowest BCUT2D eigenvalue weighted by Gasteiger charge is -2.09. The number of rotatable bonds is 3. The van der Waals surface area contributed by atoms with Gasteiger partial charge in [-0.3, -0.25) is 4.79 Å². The van der Waals surface area contributed by atoms with Crippen LogP contribution in [0, 0.1) is 6.92 Å². The zero-order valence-corrected chi connectivity index (χ0v) is 11.0. The van der Waals surface area contributed by atoms with Crippen molar-refractivity contribution in [1.82, 2.24) is 0 Å². The molecule has 2 nitrogen and oxygen atoms in total. The highest BCUT2D eigenvalue weighted by Crippen LogP contribution is 2.23. The molecule has 1 N–H and O–H groups in total. The van der Waals surface area contributed by atoms with Gasteiger partial charge in [0, 0.05) is 21.4 Å². The highest BCUT2D eigenvalue weighted by Gasteiger charge is 2.02. The molecule has 86 valence electrons. The Kier molecular flexibility index (Phi) is 3.59. The first-order valence-electron chi connectivity index (χ1n) is 5.27. The van der Waals surface area contributed by atoms with Gasteiger partial charge in [-0.2, -0.15) is 0 Å². The normalized spacial score (nSPS) is 10.0. The lowest BCUT2D eigenvalue weighted by Crippen LogP contribution is -1.95. The van der Waals surface area contributed by atoms with E-state index in [2.05, 4.69) is 21.2 Å². The van der Waals surface area contributed by atoms with E-state index in [1.807, 2.05) is 43.3 Å². The van der Waals surface area contributed by atoms with Crippen molar-refractivity contribution in [2.75, 3.05) is 5.32 Å². The number of nitrogens with one attached hydrogen (secondary N) is 1. The summed E-state index contributed by atoms with van der Waals surface area (Å²) in [4.78, 5) is 11.0. The van der Waals surface area contributed by atoms with Crippen LogP contribution in [0.25, 0.3) is 0 Å². The van der Waals surface area contributed by atoms with Crippen molar-refractivity contribution in [1.29, 1.82) is 0 Å². The van der Waals surface area contributed by atoms with Crippen LogP contribution in [-0.4, -0.2) is 6.29 Å². The number of benzene rings is 2. The van der Waals surface area contributed by atoms with Crippen LogP contribution in [0.15, 0.2) is 46.9 Å². The molecular weight excluding hydrogens is 278 g/mol. The third-order valence-corrected chi connectivity index (χ3v) is 2.93. The van der Waals surface area contributed by atoms with Crippen LogP contribution >= 0.6 is 15.9 Å². The van der Waals surface area contributed by atoms with Crippen LogP contribution in [0.1, 0.15) is 15.9 Å². The minimum Gasteiger partial charge on any atom is -0.355 e. The molecule has 0 saturated carbocycles. The van der Waals surface area contributed by atoms with Crippen LogP contribution in [0.3, 0.4) is 0 Å². The largest absolute Gasteiger partial charge is 0.355 e. The van der Waals surface area contributed by atoms with Crippen LogP contribution in [0.2, 0.25) is 0 Å². The summed E-state index contributed by atoms with van der Waals surface area (Å²) in [5, 5.41) is 3.24. The number of hydrogen-bond donors (Lipinski definition) is 1. The second-order valence-electron chi connectivity index (χ2n) is 3.84. The van der Waals surface area contributed by atoms with Gasteiger partial charge in [0.1, 0.15) is 0 Å². The number of hydrogen-bond acceptors (Lipinski definition) is 2. The second kappa shape index (κ2) is 5.15. The molecule has 0 radical (unpaired) electrons. The predicted molar refractivity (Wildman–Crippen MR) is 74.0 cm³/mol. The molecule has 0 aromatic heterocycles. The van der Waals surface area contributed by atoms with Crippen LogP contribution < -0.4 is 5.32 Å². The smallest absolute Gasteiger partial charge is 0.152 e. The van der Waals surface area contributed by atoms with E-state index in [9.17, 15) is 4.79 Å². The Balaban J connectivity index is 2.32. The summed E-state index contributed by atoms with van der Waals surface area (Å²) in [7, 11) is 0. The van der Waals surface area contributed by atoms with E-state index in [4.69, 9.17) is 0 Å². The van der Waals surface area contributed by atoms with E-state index >= 15 is 0 Å². The van der Waals surface area contributed by atoms with Crippen molar-refractivity contribution in [3.05, 3.63) is 58.1 Å². The van der Waals surface area contributed by atoms with Crippen LogP contribution in [0.5, 0.6) is 0 Å². The quantitative estimate of drug-likeness (QED) is 0.853. The van der Waals surface area contributed by atoms with Crippen molar-refractivity contribution in [3.8, 4) is 0 Å². The highest BCUT2D eigenvalue weighted by atomic mass is 79.9. The molecule has 0 spiro atoms. The SMILES string of the molecule is Cc1cccc(Nc2ccc(Br)cc2C=O)c1. The monoisotopic (exact) mass is 289 g/mol. The average molecular weight is 290 g/mol. The molecule has 0 heterocycles. The zero-order valence-electron chi connectivity index (χ0n) is 9.41. The molecule has 0 saturated heterocycles. The second-order valence-corrected chi connectivity index (χ2v) is 4.76. The fraction of sp³-hybridized carbons (Fsp3) is 0.0714. The van der Waals surface area contributed by atoms with Crippen molar-refractivity contribution in [3.63, 3.8) is 0 Å². The van der Waals surface area contributed by atoms with E-state index < -0.39 is 0 Å². The van der Waals surface area contributed by atoms with Crippen molar-refractivity contribution >= 4 is 33.6 Å². The first-order valence-corrected chi connectivity index (χ1v) is 6.07. The number of carbonyl (C=O) groups is 1. The number of halogens is 1. The Labute approximate surface area is 109 Å². The summed E-state index contributed by atoms with van der Waals surface area (Å²) in [6, 6.07) is 13.6. The van der Waals surface area contributed by atoms with Crippen molar-refractivity contribution in [2.45, 2.75) is 6.92 Å². The van der Waals surface area contributed by atoms with Gasteiger partial charge >= 0.3 is 0 Å². The lowest BCUT2D eigenvalue weighted by atomic mass is 10.1. The molecule has 0 bridgehead atoms. The number of aryl methyl sites for hydroxylation is 1. The Hall–Kier alpha value is -1.61. The lowest BCUT2D eigenvalue weighted by molar-refractivity contribution is 0.112. The van der Waals surface area contributed by atoms with Gasteiger partial charge in [0.25, 0.3) is 0 Å². The maximum atomic E-state index is 11.0. The fourth-order valence-electron chi connectivity index (χ4n) is 1.62. The molecule has 17 heavy (non-hydrogen) atoms. The summed E-state index contributed by atoms with van der Waals surface area (Å²) in [5.74, 6) is 0. The molecule has 0 aliphatic rings. The van der Waals surface area contributed by atoms with E-state index in [0.29, 0.717) is 5.56 Å². The molecule has 2 aromatic rings. The zero-order chi connectivity index (χ0) is 12.3. The first-order chi connectivity index (χ1) is 8.19. The predicted octanol–water partition coefficient (Wildman–Crippen LogP) is 4.31. The summed E-state index contributed by atoms with van der Waals surface area (Å²) < 4.78 is 0.898. The van der Waals surface area contributed by atoms with Gasteiger partial charge < -0.3 is 5.32 Å². The van der Waals surface area contributed by atoms with Gasteiger partial charge in [-0.15, -0.1) is 0 Å². The minimum atomic E-state index is 0.640. The Morgan fingerprint density at radius 1 is 1.18 bits per heavy atom. The molecule has 0 amide bonds. The van der Waals surface area contributed by atoms with Crippen LogP contribution in [0.4, 0.5) is 11.4 Å². The third-order valence-electron chi connectivity index (χ3n) is 2.44. The molecule has 3 heteroatoms. The average Bonchev–Trinajstić information content (AvgIpc) is 2.31. The summed E-state index contributed by atoms with van der Waals surface area (Å²) in [5.41, 5.74) is 3.62. The Bertz CT molecular complexity index is 552. The summed E-state index contributed by atoms with van der Waals surface area (Å²) in [6.45, 7) is 2.04. The maximum absolute atomic E-state index is 11.0. The van der Waals surface area contributed by atoms with Crippen molar-refractivity contribution in [2.24, 2.45) is 0 Å². The van der Waals surface area contributed by atoms with Gasteiger partial charge in [0.2, 0.25) is 0 Å². The molecule has 2 rings (SSSR count). The van der Waals surface area contributed by atoms with Gasteiger partial charge in [0.05, 0.1) is 0 Å². The van der Waals surface area contributed by atoms with E-state index in [-0.39, 0.29) is 0 Å². The maximum Gasteiger partial charge on any atom is 0.152 e. The Morgan fingerprint density at radius 2 is 2.00 bits per heavy atom. The molecule has 0 fully saturated rings. The number of anilines is 2. The standard InChI is InChI=1S/C14H12BrNO/c1-10-3-2-4-13(7-10)16-14-6-5-12(15)8-11(14)9-17/h2-9,16H,1H3. The molecule has 0 unspecified atom stereocenters. The van der Waals surface area contributed by atoms with E-state index in [0.717, 1.165) is 22.1 Å². The topological polar surface area (TPSA) is 29.1 Å². The first kappa shape index (κ1) is 11.9. The highest BCUT2D eigenvalue weighted by molar-refractivity contribution is 9.10. The number of aldehydes is 1.